The van der Waals surface area contributed by atoms with E-state index in [2.05, 4.69) is 27.5 Å². The molecular formula is C16H20N4O. The lowest BCUT2D eigenvalue weighted by Crippen LogP contribution is -2.17. The number of amides is 1. The number of aromatic nitrogens is 2. The van der Waals surface area contributed by atoms with E-state index < -0.39 is 0 Å². The van der Waals surface area contributed by atoms with Crippen LogP contribution in [0.1, 0.15) is 35.5 Å². The summed E-state index contributed by atoms with van der Waals surface area (Å²) < 4.78 is 0. The number of hydrogen-bond donors (Lipinski definition) is 2. The average Bonchev–Trinajstić information content (AvgIpc) is 2.50. The minimum atomic E-state index is -0.244. The Hall–Kier alpha value is -2.43. The van der Waals surface area contributed by atoms with Crippen molar-refractivity contribution in [2.24, 2.45) is 0 Å². The summed E-state index contributed by atoms with van der Waals surface area (Å²) in [5, 5.41) is 5.99. The fourth-order valence-corrected chi connectivity index (χ4v) is 2.12. The molecule has 0 radical (unpaired) electrons. The molecule has 0 saturated heterocycles. The molecule has 0 bridgehead atoms. The molecule has 2 aromatic rings. The van der Waals surface area contributed by atoms with Crippen molar-refractivity contribution in [2.45, 2.75) is 27.2 Å². The topological polar surface area (TPSA) is 66.9 Å². The Bertz CT molecular complexity index is 640. The van der Waals surface area contributed by atoms with Crippen molar-refractivity contribution in [3.8, 4) is 0 Å². The fourth-order valence-electron chi connectivity index (χ4n) is 2.12. The van der Waals surface area contributed by atoms with Crippen molar-refractivity contribution in [1.82, 2.24) is 9.97 Å². The third-order valence-electron chi connectivity index (χ3n) is 3.20. The van der Waals surface area contributed by atoms with Crippen LogP contribution in [0.25, 0.3) is 0 Å². The van der Waals surface area contributed by atoms with Crippen LogP contribution < -0.4 is 10.6 Å². The van der Waals surface area contributed by atoms with Crippen LogP contribution in [0.2, 0.25) is 0 Å². The Labute approximate surface area is 124 Å². The monoisotopic (exact) mass is 284 g/mol. The van der Waals surface area contributed by atoms with Gasteiger partial charge in [0.05, 0.1) is 12.4 Å². The normalized spacial score (nSPS) is 10.2. The minimum Gasteiger partial charge on any atom is -0.369 e. The number of nitrogens with zero attached hydrogens (tertiary/aromatic N) is 2. The highest BCUT2D eigenvalue weighted by atomic mass is 16.1. The van der Waals surface area contributed by atoms with E-state index in [4.69, 9.17) is 0 Å². The fraction of sp³-hybridized carbons (Fsp3) is 0.312. The quantitative estimate of drug-likeness (QED) is 0.885. The van der Waals surface area contributed by atoms with Crippen LogP contribution in [0.5, 0.6) is 0 Å². The molecule has 0 aliphatic rings. The van der Waals surface area contributed by atoms with Gasteiger partial charge in [-0.1, -0.05) is 25.1 Å². The molecule has 1 aromatic carbocycles. The molecule has 5 heteroatoms. The number of carbonyl (C=O) groups is 1. The highest BCUT2D eigenvalue weighted by molar-refractivity contribution is 6.03. The summed E-state index contributed by atoms with van der Waals surface area (Å²) in [7, 11) is 0. The first-order chi connectivity index (χ1) is 10.2. The number of hydrogen-bond acceptors (Lipinski definition) is 4. The molecule has 0 unspecified atom stereocenters. The van der Waals surface area contributed by atoms with Gasteiger partial charge >= 0.3 is 0 Å². The van der Waals surface area contributed by atoms with Gasteiger partial charge in [0, 0.05) is 12.2 Å². The molecule has 110 valence electrons. The molecule has 0 atom stereocenters. The van der Waals surface area contributed by atoms with Gasteiger partial charge in [-0.3, -0.25) is 9.78 Å². The minimum absolute atomic E-state index is 0.244. The average molecular weight is 284 g/mol. The predicted octanol–water partition coefficient (Wildman–Crippen LogP) is 3.03. The highest BCUT2D eigenvalue weighted by Crippen LogP contribution is 2.21. The molecular weight excluding hydrogens is 264 g/mol. The number of nitrogens with one attached hydrogen (secondary N) is 2. The molecule has 0 fully saturated rings. The van der Waals surface area contributed by atoms with Gasteiger partial charge in [-0.25, -0.2) is 4.98 Å². The van der Waals surface area contributed by atoms with Gasteiger partial charge in [0.1, 0.15) is 11.5 Å². The van der Waals surface area contributed by atoms with Gasteiger partial charge in [-0.05, 0) is 31.4 Å². The van der Waals surface area contributed by atoms with E-state index >= 15 is 0 Å². The standard InChI is InChI=1S/C16H20N4O/c1-4-12-8-6-7-11(3)15(12)20-16(21)13-9-17-10-14(19-13)18-5-2/h6-10H,4-5H2,1-3H3,(H,18,19)(H,20,21). The zero-order chi connectivity index (χ0) is 15.2. The SMILES string of the molecule is CCNc1cncc(C(=O)Nc2c(C)cccc2CC)n1. The predicted molar refractivity (Wildman–Crippen MR) is 84.7 cm³/mol. The molecule has 0 saturated carbocycles. The lowest BCUT2D eigenvalue weighted by atomic mass is 10.1. The zero-order valence-corrected chi connectivity index (χ0v) is 12.6. The van der Waals surface area contributed by atoms with Crippen LogP contribution in [-0.4, -0.2) is 22.4 Å². The molecule has 21 heavy (non-hydrogen) atoms. The lowest BCUT2D eigenvalue weighted by molar-refractivity contribution is 0.102. The smallest absolute Gasteiger partial charge is 0.275 e. The van der Waals surface area contributed by atoms with Crippen molar-refractivity contribution in [1.29, 1.82) is 0 Å². The number of para-hydroxylation sites is 1. The van der Waals surface area contributed by atoms with Gasteiger partial charge in [0.2, 0.25) is 0 Å². The Morgan fingerprint density at radius 3 is 2.76 bits per heavy atom. The summed E-state index contributed by atoms with van der Waals surface area (Å²) in [6.45, 7) is 6.75. The number of carbonyl (C=O) groups excluding carboxylic acids is 1. The number of benzene rings is 1. The maximum absolute atomic E-state index is 12.3. The third-order valence-corrected chi connectivity index (χ3v) is 3.20. The van der Waals surface area contributed by atoms with Crippen LogP contribution in [0, 0.1) is 6.92 Å². The van der Waals surface area contributed by atoms with E-state index in [1.165, 1.54) is 6.20 Å². The highest BCUT2D eigenvalue weighted by Gasteiger charge is 2.12. The van der Waals surface area contributed by atoms with Gasteiger partial charge in [0.25, 0.3) is 5.91 Å². The summed E-state index contributed by atoms with van der Waals surface area (Å²) in [6.07, 6.45) is 3.94. The van der Waals surface area contributed by atoms with E-state index in [0.717, 1.165) is 29.8 Å². The second kappa shape index (κ2) is 6.83. The Balaban J connectivity index is 2.24. The van der Waals surface area contributed by atoms with E-state index in [-0.39, 0.29) is 5.91 Å². The second-order valence-corrected chi connectivity index (χ2v) is 4.74. The third kappa shape index (κ3) is 3.56. The first kappa shape index (κ1) is 15.0. The maximum atomic E-state index is 12.3. The van der Waals surface area contributed by atoms with Crippen LogP contribution in [0.15, 0.2) is 30.6 Å². The van der Waals surface area contributed by atoms with Crippen molar-refractivity contribution in [2.75, 3.05) is 17.2 Å². The molecule has 0 aliphatic carbocycles. The van der Waals surface area contributed by atoms with Crippen molar-refractivity contribution in [3.63, 3.8) is 0 Å². The Kier molecular flexibility index (Phi) is 4.87. The summed E-state index contributed by atoms with van der Waals surface area (Å²) in [5.74, 6) is 0.358. The van der Waals surface area contributed by atoms with Crippen molar-refractivity contribution >= 4 is 17.4 Å². The summed E-state index contributed by atoms with van der Waals surface area (Å²) in [6, 6.07) is 5.99. The molecule has 0 spiro atoms. The number of anilines is 2. The second-order valence-electron chi connectivity index (χ2n) is 4.74. The first-order valence-corrected chi connectivity index (χ1v) is 7.11. The molecule has 1 aromatic heterocycles. The van der Waals surface area contributed by atoms with Crippen LogP contribution in [-0.2, 0) is 6.42 Å². The van der Waals surface area contributed by atoms with Crippen LogP contribution >= 0.6 is 0 Å². The van der Waals surface area contributed by atoms with Crippen LogP contribution in [0.3, 0.4) is 0 Å². The molecule has 5 nitrogen and oxygen atoms in total. The summed E-state index contributed by atoms with van der Waals surface area (Å²) in [4.78, 5) is 20.7. The van der Waals surface area contributed by atoms with Gasteiger partial charge in [0.15, 0.2) is 0 Å². The van der Waals surface area contributed by atoms with E-state index in [9.17, 15) is 4.79 Å². The summed E-state index contributed by atoms with van der Waals surface area (Å²) >= 11 is 0. The van der Waals surface area contributed by atoms with E-state index in [0.29, 0.717) is 11.5 Å². The molecule has 1 heterocycles. The van der Waals surface area contributed by atoms with Crippen molar-refractivity contribution in [3.05, 3.63) is 47.4 Å². The van der Waals surface area contributed by atoms with Gasteiger partial charge in [-0.15, -0.1) is 0 Å². The lowest BCUT2D eigenvalue weighted by Gasteiger charge is -2.12. The molecule has 1 amide bonds. The van der Waals surface area contributed by atoms with E-state index in [1.54, 1.807) is 6.20 Å². The zero-order valence-electron chi connectivity index (χ0n) is 12.6. The first-order valence-electron chi connectivity index (χ1n) is 7.11. The number of aryl methyl sites for hydroxylation is 2. The van der Waals surface area contributed by atoms with Gasteiger partial charge < -0.3 is 10.6 Å². The van der Waals surface area contributed by atoms with Gasteiger partial charge in [-0.2, -0.15) is 0 Å². The molecule has 2 rings (SSSR count). The van der Waals surface area contributed by atoms with E-state index in [1.807, 2.05) is 32.0 Å². The number of rotatable bonds is 5. The molecule has 2 N–H and O–H groups in total. The largest absolute Gasteiger partial charge is 0.369 e. The summed E-state index contributed by atoms with van der Waals surface area (Å²) in [5.41, 5.74) is 3.32. The Morgan fingerprint density at radius 1 is 1.24 bits per heavy atom. The van der Waals surface area contributed by atoms with Crippen LogP contribution in [0.4, 0.5) is 11.5 Å². The maximum Gasteiger partial charge on any atom is 0.275 e. The van der Waals surface area contributed by atoms with Crippen molar-refractivity contribution < 1.29 is 4.79 Å². The Morgan fingerprint density at radius 2 is 2.05 bits per heavy atom. The molecule has 0 aliphatic heterocycles.